The summed E-state index contributed by atoms with van der Waals surface area (Å²) in [5.41, 5.74) is 1.81. The highest BCUT2D eigenvalue weighted by atomic mass is 16.3. The smallest absolute Gasteiger partial charge is 0.270 e. The lowest BCUT2D eigenvalue weighted by molar-refractivity contribution is -0.131. The summed E-state index contributed by atoms with van der Waals surface area (Å²) < 4.78 is 7.12. The molecule has 0 bridgehead atoms. The summed E-state index contributed by atoms with van der Waals surface area (Å²) in [4.78, 5) is 41.7. The molecule has 2 aliphatic heterocycles. The number of nitrogens with one attached hydrogen (secondary N) is 1. The Balaban J connectivity index is 1.12. The zero-order chi connectivity index (χ0) is 24.4. The highest BCUT2D eigenvalue weighted by Gasteiger charge is 2.42. The SMILES string of the molecule is Cn1c(C(=O)N2CCC3(CCN(C(=O)CNC(=O)/C=C\c4ccco4)C3)CC2)cc2ccccc21. The fraction of sp³-hybridized carbons (Fsp3) is 0.370. The number of piperidine rings is 1. The number of aryl methyl sites for hydroxylation is 1. The van der Waals surface area contributed by atoms with E-state index in [0.29, 0.717) is 37.6 Å². The predicted octanol–water partition coefficient (Wildman–Crippen LogP) is 3.06. The van der Waals surface area contributed by atoms with Crippen molar-refractivity contribution in [2.24, 2.45) is 12.5 Å². The summed E-state index contributed by atoms with van der Waals surface area (Å²) in [5, 5.41) is 3.73. The molecule has 182 valence electrons. The molecule has 2 aliphatic rings. The van der Waals surface area contributed by atoms with E-state index in [4.69, 9.17) is 4.42 Å². The van der Waals surface area contributed by atoms with Gasteiger partial charge in [0.1, 0.15) is 11.5 Å². The zero-order valence-corrected chi connectivity index (χ0v) is 19.9. The second-order valence-electron chi connectivity index (χ2n) is 9.57. The van der Waals surface area contributed by atoms with Crippen molar-refractivity contribution in [1.82, 2.24) is 19.7 Å². The molecule has 8 nitrogen and oxygen atoms in total. The van der Waals surface area contributed by atoms with E-state index in [1.54, 1.807) is 18.2 Å². The molecule has 0 aliphatic carbocycles. The van der Waals surface area contributed by atoms with Crippen molar-refractivity contribution < 1.29 is 18.8 Å². The van der Waals surface area contributed by atoms with Gasteiger partial charge in [0.2, 0.25) is 11.8 Å². The van der Waals surface area contributed by atoms with Crippen LogP contribution in [0.2, 0.25) is 0 Å². The van der Waals surface area contributed by atoms with Crippen molar-refractivity contribution in [3.8, 4) is 0 Å². The Hall–Kier alpha value is -3.81. The monoisotopic (exact) mass is 474 g/mol. The van der Waals surface area contributed by atoms with Gasteiger partial charge < -0.3 is 24.1 Å². The molecule has 3 amide bonds. The molecule has 8 heteroatoms. The van der Waals surface area contributed by atoms with Gasteiger partial charge in [-0.05, 0) is 55.0 Å². The summed E-state index contributed by atoms with van der Waals surface area (Å²) >= 11 is 0. The van der Waals surface area contributed by atoms with E-state index in [1.165, 1.54) is 12.3 Å². The molecule has 0 unspecified atom stereocenters. The van der Waals surface area contributed by atoms with E-state index >= 15 is 0 Å². The van der Waals surface area contributed by atoms with Crippen molar-refractivity contribution in [3.05, 3.63) is 66.3 Å². The number of furan rings is 1. The van der Waals surface area contributed by atoms with Crippen molar-refractivity contribution >= 4 is 34.7 Å². The standard InChI is InChI=1S/C27H30N4O4/c1-29-22-7-3-2-5-20(22)17-23(29)26(34)30-13-10-27(11-14-30)12-15-31(19-27)25(33)18-28-24(32)9-8-21-6-4-16-35-21/h2-9,16-17H,10-15,18-19H2,1H3,(H,28,32)/b9-8-. The average molecular weight is 475 g/mol. The Morgan fingerprint density at radius 1 is 1.03 bits per heavy atom. The number of aromatic nitrogens is 1. The van der Waals surface area contributed by atoms with E-state index in [0.717, 1.165) is 30.2 Å². The van der Waals surface area contributed by atoms with Crippen molar-refractivity contribution in [2.45, 2.75) is 19.3 Å². The molecule has 1 aromatic carbocycles. The lowest BCUT2D eigenvalue weighted by Gasteiger charge is -2.39. The van der Waals surface area contributed by atoms with Gasteiger partial charge >= 0.3 is 0 Å². The molecule has 2 saturated heterocycles. The van der Waals surface area contributed by atoms with Gasteiger partial charge in [0.15, 0.2) is 0 Å². The molecule has 1 spiro atoms. The minimum Gasteiger partial charge on any atom is -0.465 e. The normalized spacial score (nSPS) is 17.5. The summed E-state index contributed by atoms with van der Waals surface area (Å²) in [6.07, 6.45) is 7.16. The maximum atomic E-state index is 13.2. The molecule has 2 fully saturated rings. The topological polar surface area (TPSA) is 87.8 Å². The van der Waals surface area contributed by atoms with Crippen molar-refractivity contribution in [2.75, 3.05) is 32.7 Å². The summed E-state index contributed by atoms with van der Waals surface area (Å²) in [6.45, 7) is 2.73. The van der Waals surface area contributed by atoms with Gasteiger partial charge in [0, 0.05) is 50.2 Å². The lowest BCUT2D eigenvalue weighted by Crippen LogP contribution is -2.45. The number of likely N-dealkylation sites (tertiary alicyclic amines) is 2. The minimum absolute atomic E-state index is 0.0247. The third-order valence-electron chi connectivity index (χ3n) is 7.43. The first kappa shape index (κ1) is 23.0. The van der Waals surface area contributed by atoms with E-state index < -0.39 is 0 Å². The maximum Gasteiger partial charge on any atom is 0.270 e. The molecular weight excluding hydrogens is 444 g/mol. The Morgan fingerprint density at radius 2 is 1.77 bits per heavy atom. The highest BCUT2D eigenvalue weighted by Crippen LogP contribution is 2.40. The number of hydrogen-bond acceptors (Lipinski definition) is 4. The van der Waals surface area contributed by atoms with E-state index in [1.807, 2.05) is 51.7 Å². The van der Waals surface area contributed by atoms with Gasteiger partial charge in [0.25, 0.3) is 5.91 Å². The Bertz CT molecular complexity index is 1270. The number of rotatable bonds is 5. The zero-order valence-electron chi connectivity index (χ0n) is 19.9. The van der Waals surface area contributed by atoms with Gasteiger partial charge in [0.05, 0.1) is 12.8 Å². The van der Waals surface area contributed by atoms with Gasteiger partial charge in [-0.1, -0.05) is 18.2 Å². The molecule has 3 aromatic rings. The predicted molar refractivity (Wildman–Crippen MR) is 132 cm³/mol. The maximum absolute atomic E-state index is 13.2. The summed E-state index contributed by atoms with van der Waals surface area (Å²) in [5.74, 6) is 0.243. The van der Waals surface area contributed by atoms with Crippen LogP contribution in [0.15, 0.2) is 59.2 Å². The van der Waals surface area contributed by atoms with Crippen LogP contribution in [-0.2, 0) is 16.6 Å². The number of carbonyl (C=O) groups excluding carboxylic acids is 3. The van der Waals surface area contributed by atoms with Crippen LogP contribution < -0.4 is 5.32 Å². The third-order valence-corrected chi connectivity index (χ3v) is 7.43. The first-order chi connectivity index (χ1) is 16.9. The molecule has 35 heavy (non-hydrogen) atoms. The molecule has 0 atom stereocenters. The molecule has 0 saturated carbocycles. The number of fused-ring (bicyclic) bond motifs is 1. The van der Waals surface area contributed by atoms with E-state index in [-0.39, 0.29) is 29.7 Å². The van der Waals surface area contributed by atoms with E-state index in [2.05, 4.69) is 5.32 Å². The molecule has 5 rings (SSSR count). The van der Waals surface area contributed by atoms with Crippen molar-refractivity contribution in [3.63, 3.8) is 0 Å². The van der Waals surface area contributed by atoms with Crippen LogP contribution in [0, 0.1) is 5.41 Å². The Labute approximate surface area is 204 Å². The van der Waals surface area contributed by atoms with Crippen LogP contribution in [0.4, 0.5) is 0 Å². The van der Waals surface area contributed by atoms with Crippen LogP contribution in [0.5, 0.6) is 0 Å². The fourth-order valence-corrected chi connectivity index (χ4v) is 5.27. The van der Waals surface area contributed by atoms with Crippen molar-refractivity contribution in [1.29, 1.82) is 0 Å². The fourth-order valence-electron chi connectivity index (χ4n) is 5.27. The second-order valence-corrected chi connectivity index (χ2v) is 9.57. The Kier molecular flexibility index (Phi) is 6.19. The first-order valence-electron chi connectivity index (χ1n) is 12.1. The minimum atomic E-state index is -0.330. The molecule has 4 heterocycles. The number of para-hydroxylation sites is 1. The first-order valence-corrected chi connectivity index (χ1v) is 12.1. The van der Waals surface area contributed by atoms with Crippen LogP contribution in [-0.4, -0.2) is 64.8 Å². The molecular formula is C27H30N4O4. The lowest BCUT2D eigenvalue weighted by atomic mass is 9.77. The molecule has 2 aromatic heterocycles. The van der Waals surface area contributed by atoms with Crippen LogP contribution >= 0.6 is 0 Å². The van der Waals surface area contributed by atoms with E-state index in [9.17, 15) is 14.4 Å². The van der Waals surface area contributed by atoms with Gasteiger partial charge in [-0.2, -0.15) is 0 Å². The van der Waals surface area contributed by atoms with Gasteiger partial charge in [-0.15, -0.1) is 0 Å². The van der Waals surface area contributed by atoms with Crippen LogP contribution in [0.1, 0.15) is 35.5 Å². The third kappa shape index (κ3) is 4.73. The van der Waals surface area contributed by atoms with Crippen LogP contribution in [0.25, 0.3) is 17.0 Å². The molecule has 1 N–H and O–H groups in total. The average Bonchev–Trinajstić information content (AvgIpc) is 3.62. The van der Waals surface area contributed by atoms with Crippen LogP contribution in [0.3, 0.4) is 0 Å². The highest BCUT2D eigenvalue weighted by molar-refractivity contribution is 5.98. The second kappa shape index (κ2) is 9.44. The summed E-state index contributed by atoms with van der Waals surface area (Å²) in [6, 6.07) is 13.5. The van der Waals surface area contributed by atoms with Gasteiger partial charge in [-0.25, -0.2) is 0 Å². The number of carbonyl (C=O) groups is 3. The quantitative estimate of drug-likeness (QED) is 0.576. The Morgan fingerprint density at radius 3 is 2.49 bits per heavy atom. The largest absolute Gasteiger partial charge is 0.465 e. The number of hydrogen-bond donors (Lipinski definition) is 1. The number of amides is 3. The summed E-state index contributed by atoms with van der Waals surface area (Å²) in [7, 11) is 1.94. The van der Waals surface area contributed by atoms with Gasteiger partial charge in [-0.3, -0.25) is 14.4 Å². The number of nitrogens with zero attached hydrogens (tertiary/aromatic N) is 3. The molecule has 0 radical (unpaired) electrons. The number of benzene rings is 1.